The van der Waals surface area contributed by atoms with Crippen LogP contribution in [-0.2, 0) is 0 Å². The highest BCUT2D eigenvalue weighted by Gasteiger charge is 2.22. The first-order valence-corrected chi connectivity index (χ1v) is 18.1. The van der Waals surface area contributed by atoms with Crippen molar-refractivity contribution in [3.63, 3.8) is 0 Å². The van der Waals surface area contributed by atoms with Gasteiger partial charge in [-0.05, 0) is 87.9 Å². The van der Waals surface area contributed by atoms with Crippen molar-refractivity contribution >= 4 is 82.4 Å². The Kier molecular flexibility index (Phi) is 6.55. The molecule has 0 bridgehead atoms. The first-order valence-electron chi connectivity index (χ1n) is 18.1. The summed E-state index contributed by atoms with van der Waals surface area (Å²) in [5, 5.41) is 9.56. The van der Waals surface area contributed by atoms with Crippen molar-refractivity contribution in [1.29, 1.82) is 0 Å². The largest absolute Gasteiger partial charge is 0.454 e. The molecule has 53 heavy (non-hydrogen) atoms. The molecule has 0 amide bonds. The molecule has 9 aromatic carbocycles. The van der Waals surface area contributed by atoms with E-state index in [2.05, 4.69) is 198 Å². The minimum atomic E-state index is 0.871. The fourth-order valence-electron chi connectivity index (χ4n) is 8.35. The average Bonchev–Trinajstić information content (AvgIpc) is 3.78. The van der Waals surface area contributed by atoms with Gasteiger partial charge in [-0.3, -0.25) is 0 Å². The van der Waals surface area contributed by atoms with E-state index in [1.807, 2.05) is 6.07 Å². The minimum Gasteiger partial charge on any atom is -0.454 e. The molecule has 0 aliphatic rings. The first-order chi connectivity index (χ1) is 26.3. The van der Waals surface area contributed by atoms with Crippen LogP contribution in [0.2, 0.25) is 0 Å². The minimum absolute atomic E-state index is 0.871. The van der Waals surface area contributed by atoms with Crippen LogP contribution in [0.15, 0.2) is 199 Å². The third-order valence-electron chi connectivity index (χ3n) is 10.8. The van der Waals surface area contributed by atoms with Gasteiger partial charge in [0, 0.05) is 38.3 Å². The van der Waals surface area contributed by atoms with Gasteiger partial charge in [-0.25, -0.2) is 0 Å². The molecule has 2 aromatic heterocycles. The van der Waals surface area contributed by atoms with E-state index in [0.29, 0.717) is 0 Å². The summed E-state index contributed by atoms with van der Waals surface area (Å²) in [6, 6.07) is 69.7. The fraction of sp³-hybridized carbons (Fsp3) is 0. The molecule has 0 saturated heterocycles. The van der Waals surface area contributed by atoms with Gasteiger partial charge in [0.15, 0.2) is 5.58 Å². The Morgan fingerprint density at radius 1 is 0.377 bits per heavy atom. The smallest absolute Gasteiger partial charge is 0.159 e. The van der Waals surface area contributed by atoms with Crippen LogP contribution < -0.4 is 4.90 Å². The lowest BCUT2D eigenvalue weighted by atomic mass is 9.98. The lowest BCUT2D eigenvalue weighted by molar-refractivity contribution is 0.669. The van der Waals surface area contributed by atoms with E-state index >= 15 is 0 Å². The van der Waals surface area contributed by atoms with Crippen molar-refractivity contribution in [2.45, 2.75) is 0 Å². The zero-order valence-corrected chi connectivity index (χ0v) is 28.8. The SMILES string of the molecule is c1ccc(-n2c3ccccc3c3cc(-c4ccc(N(c5cc6ccccc6c6ccccc56)c5cccc6c5oc5ccccc56)cc4)ccc32)cc1. The zero-order valence-electron chi connectivity index (χ0n) is 28.8. The van der Waals surface area contributed by atoms with Crippen molar-refractivity contribution in [1.82, 2.24) is 4.57 Å². The van der Waals surface area contributed by atoms with Crippen LogP contribution in [-0.4, -0.2) is 4.57 Å². The Balaban J connectivity index is 1.11. The number of hydrogen-bond acceptors (Lipinski definition) is 2. The third kappa shape index (κ3) is 4.61. The van der Waals surface area contributed by atoms with E-state index in [1.54, 1.807) is 0 Å². The second-order valence-electron chi connectivity index (χ2n) is 13.7. The molecule has 0 aliphatic carbocycles. The maximum Gasteiger partial charge on any atom is 0.159 e. The zero-order chi connectivity index (χ0) is 34.9. The predicted molar refractivity (Wildman–Crippen MR) is 223 cm³/mol. The molecule has 3 heteroatoms. The molecular formula is C50H32N2O. The molecule has 0 spiro atoms. The standard InChI is InChI=1S/C50H32N2O/c1-2-14-36(15-3-1)51-45-22-10-8-19-41(45)44-31-34(27-30-46(44)51)33-25-28-37(29-26-33)52(47-23-12-21-43-42-20-9-11-24-49(42)53-50(43)47)48-32-35-13-4-5-16-38(35)39-17-6-7-18-40(39)48/h1-32H. The highest BCUT2D eigenvalue weighted by molar-refractivity contribution is 6.17. The lowest BCUT2D eigenvalue weighted by Crippen LogP contribution is -2.11. The Labute approximate surface area is 306 Å². The summed E-state index contributed by atoms with van der Waals surface area (Å²) in [5.74, 6) is 0. The van der Waals surface area contributed by atoms with Crippen LogP contribution in [0, 0.1) is 0 Å². The Morgan fingerprint density at radius 2 is 1.02 bits per heavy atom. The summed E-state index contributed by atoms with van der Waals surface area (Å²) >= 11 is 0. The van der Waals surface area contributed by atoms with E-state index in [0.717, 1.165) is 50.3 Å². The lowest BCUT2D eigenvalue weighted by Gasteiger charge is -2.27. The summed E-state index contributed by atoms with van der Waals surface area (Å²) in [5.41, 5.74) is 10.8. The van der Waals surface area contributed by atoms with Crippen molar-refractivity contribution in [3.8, 4) is 16.8 Å². The molecule has 0 N–H and O–H groups in total. The van der Waals surface area contributed by atoms with Gasteiger partial charge in [-0.15, -0.1) is 0 Å². The van der Waals surface area contributed by atoms with Crippen LogP contribution >= 0.6 is 0 Å². The summed E-state index contributed by atoms with van der Waals surface area (Å²) in [7, 11) is 0. The molecule has 0 fully saturated rings. The fourth-order valence-corrected chi connectivity index (χ4v) is 8.35. The first kappa shape index (κ1) is 29.6. The molecule has 0 saturated carbocycles. The molecule has 2 heterocycles. The maximum absolute atomic E-state index is 6.67. The number of nitrogens with zero attached hydrogens (tertiary/aromatic N) is 2. The highest BCUT2D eigenvalue weighted by atomic mass is 16.3. The molecule has 3 nitrogen and oxygen atoms in total. The molecule has 0 aliphatic heterocycles. The normalized spacial score (nSPS) is 11.8. The van der Waals surface area contributed by atoms with Crippen molar-refractivity contribution < 1.29 is 4.42 Å². The van der Waals surface area contributed by atoms with Gasteiger partial charge >= 0.3 is 0 Å². The number of benzene rings is 9. The van der Waals surface area contributed by atoms with E-state index < -0.39 is 0 Å². The maximum atomic E-state index is 6.67. The Hall–Kier alpha value is -7.10. The van der Waals surface area contributed by atoms with E-state index in [9.17, 15) is 0 Å². The average molecular weight is 677 g/mol. The predicted octanol–water partition coefficient (Wildman–Crippen LogP) is 14.1. The molecule has 248 valence electrons. The second-order valence-corrected chi connectivity index (χ2v) is 13.7. The van der Waals surface area contributed by atoms with Gasteiger partial charge < -0.3 is 13.9 Å². The quantitative estimate of drug-likeness (QED) is 0.169. The number of hydrogen-bond donors (Lipinski definition) is 0. The molecule has 11 rings (SSSR count). The van der Waals surface area contributed by atoms with Gasteiger partial charge in [0.2, 0.25) is 0 Å². The Bertz CT molecular complexity index is 3170. The Morgan fingerprint density at radius 3 is 1.87 bits per heavy atom. The molecule has 11 aromatic rings. The van der Waals surface area contributed by atoms with Crippen LogP contribution in [0.1, 0.15) is 0 Å². The summed E-state index contributed by atoms with van der Waals surface area (Å²) in [6.07, 6.45) is 0. The monoisotopic (exact) mass is 676 g/mol. The summed E-state index contributed by atoms with van der Waals surface area (Å²) in [4.78, 5) is 2.37. The van der Waals surface area contributed by atoms with Gasteiger partial charge in [0.05, 0.1) is 22.4 Å². The topological polar surface area (TPSA) is 21.3 Å². The number of aromatic nitrogens is 1. The van der Waals surface area contributed by atoms with Gasteiger partial charge in [0.25, 0.3) is 0 Å². The summed E-state index contributed by atoms with van der Waals surface area (Å²) < 4.78 is 9.03. The molecule has 0 unspecified atom stereocenters. The number of para-hydroxylation sites is 4. The second kappa shape index (κ2) is 11.7. The van der Waals surface area contributed by atoms with E-state index in [-0.39, 0.29) is 0 Å². The molecule has 0 atom stereocenters. The third-order valence-corrected chi connectivity index (χ3v) is 10.8. The van der Waals surface area contributed by atoms with Gasteiger partial charge in [-0.2, -0.15) is 0 Å². The number of furan rings is 1. The van der Waals surface area contributed by atoms with Crippen LogP contribution in [0.3, 0.4) is 0 Å². The van der Waals surface area contributed by atoms with E-state index in [1.165, 1.54) is 48.9 Å². The van der Waals surface area contributed by atoms with Crippen molar-refractivity contribution in [2.75, 3.05) is 4.90 Å². The van der Waals surface area contributed by atoms with Crippen LogP contribution in [0.4, 0.5) is 17.1 Å². The van der Waals surface area contributed by atoms with Crippen LogP contribution in [0.25, 0.3) is 82.1 Å². The molecule has 0 radical (unpaired) electrons. The van der Waals surface area contributed by atoms with E-state index in [4.69, 9.17) is 4.42 Å². The highest BCUT2D eigenvalue weighted by Crippen LogP contribution is 2.46. The number of rotatable bonds is 5. The van der Waals surface area contributed by atoms with Crippen molar-refractivity contribution in [2.24, 2.45) is 0 Å². The number of anilines is 3. The summed E-state index contributed by atoms with van der Waals surface area (Å²) in [6.45, 7) is 0. The van der Waals surface area contributed by atoms with Gasteiger partial charge in [-0.1, -0.05) is 133 Å². The van der Waals surface area contributed by atoms with Crippen LogP contribution in [0.5, 0.6) is 0 Å². The van der Waals surface area contributed by atoms with Crippen molar-refractivity contribution in [3.05, 3.63) is 194 Å². The van der Waals surface area contributed by atoms with Gasteiger partial charge in [0.1, 0.15) is 5.58 Å². The number of fused-ring (bicyclic) bond motifs is 9. The molecular weight excluding hydrogens is 645 g/mol.